The molecule has 0 aliphatic rings. The summed E-state index contributed by atoms with van der Waals surface area (Å²) in [5.74, 6) is 1.54. The molecule has 128 valence electrons. The van der Waals surface area contributed by atoms with Crippen LogP contribution in [0.3, 0.4) is 0 Å². The molecule has 0 atom stereocenters. The van der Waals surface area contributed by atoms with Crippen molar-refractivity contribution in [2.45, 2.75) is 32.9 Å². The second kappa shape index (κ2) is 9.43. The van der Waals surface area contributed by atoms with Crippen molar-refractivity contribution >= 4 is 12.4 Å². The highest BCUT2D eigenvalue weighted by Crippen LogP contribution is 2.27. The molecule has 0 saturated heterocycles. The topological polar surface area (TPSA) is 48.3 Å². The molecule has 0 unspecified atom stereocenters. The van der Waals surface area contributed by atoms with Gasteiger partial charge in [-0.3, -0.25) is 4.68 Å². The van der Waals surface area contributed by atoms with Crippen LogP contribution in [0.25, 0.3) is 0 Å². The second-order valence-electron chi connectivity index (χ2n) is 5.54. The van der Waals surface area contributed by atoms with E-state index in [0.717, 1.165) is 31.0 Å². The molecule has 1 aromatic heterocycles. The minimum atomic E-state index is 0. The molecule has 0 bridgehead atoms. The minimum absolute atomic E-state index is 0. The van der Waals surface area contributed by atoms with Crippen molar-refractivity contribution in [1.29, 1.82) is 0 Å². The van der Waals surface area contributed by atoms with Gasteiger partial charge in [-0.1, -0.05) is 6.07 Å². The molecule has 0 amide bonds. The summed E-state index contributed by atoms with van der Waals surface area (Å²) in [6, 6.07) is 6.44. The number of hydrogen-bond donors (Lipinski definition) is 1. The largest absolute Gasteiger partial charge is 0.493 e. The zero-order valence-corrected chi connectivity index (χ0v) is 15.0. The number of benzene rings is 1. The predicted molar refractivity (Wildman–Crippen MR) is 94.8 cm³/mol. The summed E-state index contributed by atoms with van der Waals surface area (Å²) >= 11 is 0. The quantitative estimate of drug-likeness (QED) is 0.750. The fourth-order valence-corrected chi connectivity index (χ4v) is 2.25. The molecule has 1 heterocycles. The molecule has 0 spiro atoms. The van der Waals surface area contributed by atoms with Crippen LogP contribution in [-0.4, -0.2) is 30.5 Å². The monoisotopic (exact) mass is 339 g/mol. The van der Waals surface area contributed by atoms with E-state index in [1.54, 1.807) is 14.2 Å². The maximum Gasteiger partial charge on any atom is 0.160 e. The Kier molecular flexibility index (Phi) is 7.92. The first-order valence-corrected chi connectivity index (χ1v) is 7.58. The number of aromatic nitrogens is 2. The smallest absolute Gasteiger partial charge is 0.160 e. The number of halogens is 1. The van der Waals surface area contributed by atoms with E-state index in [-0.39, 0.29) is 12.4 Å². The lowest BCUT2D eigenvalue weighted by Gasteiger charge is -2.10. The van der Waals surface area contributed by atoms with Crippen molar-refractivity contribution in [2.75, 3.05) is 20.8 Å². The van der Waals surface area contributed by atoms with E-state index < -0.39 is 0 Å². The number of ether oxygens (including phenoxy) is 2. The maximum atomic E-state index is 5.32. The molecule has 0 aliphatic carbocycles. The van der Waals surface area contributed by atoms with Gasteiger partial charge in [0.25, 0.3) is 0 Å². The van der Waals surface area contributed by atoms with Crippen LogP contribution in [0, 0.1) is 0 Å². The van der Waals surface area contributed by atoms with Gasteiger partial charge >= 0.3 is 0 Å². The Hall–Kier alpha value is -1.72. The summed E-state index contributed by atoms with van der Waals surface area (Å²) in [6.07, 6.45) is 4.95. The number of methoxy groups -OCH3 is 2. The Bertz CT molecular complexity index is 599. The van der Waals surface area contributed by atoms with E-state index in [0.29, 0.717) is 6.04 Å². The van der Waals surface area contributed by atoms with Crippen molar-refractivity contribution in [3.8, 4) is 11.5 Å². The lowest BCUT2D eigenvalue weighted by molar-refractivity contribution is 0.354. The van der Waals surface area contributed by atoms with E-state index in [1.807, 2.05) is 23.0 Å². The molecule has 6 heteroatoms. The number of nitrogens with zero attached hydrogens (tertiary/aromatic N) is 2. The summed E-state index contributed by atoms with van der Waals surface area (Å²) in [6.45, 7) is 5.99. The molecule has 23 heavy (non-hydrogen) atoms. The van der Waals surface area contributed by atoms with Crippen molar-refractivity contribution in [2.24, 2.45) is 0 Å². The van der Waals surface area contributed by atoms with Crippen molar-refractivity contribution in [3.63, 3.8) is 0 Å². The SMILES string of the molecule is COc1ccc(CCNCc2cnn(C(C)C)c2)cc1OC.Cl. The highest BCUT2D eigenvalue weighted by Gasteiger charge is 2.05. The zero-order chi connectivity index (χ0) is 15.9. The lowest BCUT2D eigenvalue weighted by Crippen LogP contribution is -2.16. The third-order valence-electron chi connectivity index (χ3n) is 3.55. The maximum absolute atomic E-state index is 5.32. The lowest BCUT2D eigenvalue weighted by atomic mass is 10.1. The van der Waals surface area contributed by atoms with E-state index in [1.165, 1.54) is 11.1 Å². The summed E-state index contributed by atoms with van der Waals surface area (Å²) in [5.41, 5.74) is 2.43. The first-order valence-electron chi connectivity index (χ1n) is 7.58. The van der Waals surface area contributed by atoms with Crippen LogP contribution in [-0.2, 0) is 13.0 Å². The molecule has 1 aromatic carbocycles. The average Bonchev–Trinajstić information content (AvgIpc) is 3.00. The molecule has 1 N–H and O–H groups in total. The predicted octanol–water partition coefficient (Wildman–Crippen LogP) is 3.24. The second-order valence-corrected chi connectivity index (χ2v) is 5.54. The van der Waals surface area contributed by atoms with E-state index in [4.69, 9.17) is 9.47 Å². The van der Waals surface area contributed by atoms with Crippen LogP contribution in [0.4, 0.5) is 0 Å². The Labute approximate surface area is 144 Å². The number of rotatable bonds is 8. The van der Waals surface area contributed by atoms with Gasteiger partial charge in [-0.2, -0.15) is 5.10 Å². The molecule has 2 rings (SSSR count). The van der Waals surface area contributed by atoms with Crippen molar-refractivity contribution in [1.82, 2.24) is 15.1 Å². The van der Waals surface area contributed by atoms with Gasteiger partial charge in [0.2, 0.25) is 0 Å². The van der Waals surface area contributed by atoms with Gasteiger partial charge in [0.15, 0.2) is 11.5 Å². The zero-order valence-electron chi connectivity index (χ0n) is 14.2. The van der Waals surface area contributed by atoms with Gasteiger partial charge in [0.05, 0.1) is 20.4 Å². The third-order valence-corrected chi connectivity index (χ3v) is 3.55. The van der Waals surface area contributed by atoms with E-state index in [2.05, 4.69) is 36.5 Å². The Balaban J connectivity index is 0.00000264. The van der Waals surface area contributed by atoms with Gasteiger partial charge in [0, 0.05) is 24.3 Å². The highest BCUT2D eigenvalue weighted by atomic mass is 35.5. The molecule has 0 radical (unpaired) electrons. The van der Waals surface area contributed by atoms with Crippen LogP contribution in [0.2, 0.25) is 0 Å². The molecular formula is C17H26ClN3O2. The first kappa shape index (κ1) is 19.3. The van der Waals surface area contributed by atoms with Crippen LogP contribution in [0.15, 0.2) is 30.6 Å². The molecule has 2 aromatic rings. The minimum Gasteiger partial charge on any atom is -0.493 e. The molecule has 0 aliphatic heterocycles. The summed E-state index contributed by atoms with van der Waals surface area (Å²) in [5, 5.41) is 7.78. The summed E-state index contributed by atoms with van der Waals surface area (Å²) in [4.78, 5) is 0. The van der Waals surface area contributed by atoms with Gasteiger partial charge in [0.1, 0.15) is 0 Å². The summed E-state index contributed by atoms with van der Waals surface area (Å²) in [7, 11) is 3.31. The van der Waals surface area contributed by atoms with Gasteiger partial charge in [-0.25, -0.2) is 0 Å². The van der Waals surface area contributed by atoms with Crippen LogP contribution in [0.1, 0.15) is 31.0 Å². The molecule has 5 nitrogen and oxygen atoms in total. The van der Waals surface area contributed by atoms with E-state index >= 15 is 0 Å². The number of nitrogens with one attached hydrogen (secondary N) is 1. The Morgan fingerprint density at radius 3 is 2.48 bits per heavy atom. The Morgan fingerprint density at radius 1 is 1.13 bits per heavy atom. The average molecular weight is 340 g/mol. The molecule has 0 saturated carbocycles. The van der Waals surface area contributed by atoms with Gasteiger partial charge in [-0.15, -0.1) is 12.4 Å². The fourth-order valence-electron chi connectivity index (χ4n) is 2.25. The molecule has 0 fully saturated rings. The normalized spacial score (nSPS) is 10.5. The first-order chi connectivity index (χ1) is 10.6. The highest BCUT2D eigenvalue weighted by molar-refractivity contribution is 5.85. The standard InChI is InChI=1S/C17H25N3O2.ClH/c1-13(2)20-12-15(11-19-20)10-18-8-7-14-5-6-16(21-3)17(9-14)22-4;/h5-6,9,11-13,18H,7-8,10H2,1-4H3;1H. The van der Waals surface area contributed by atoms with Crippen LogP contribution in [0.5, 0.6) is 11.5 Å². The van der Waals surface area contributed by atoms with Crippen molar-refractivity contribution < 1.29 is 9.47 Å². The van der Waals surface area contributed by atoms with Crippen LogP contribution < -0.4 is 14.8 Å². The van der Waals surface area contributed by atoms with Crippen LogP contribution >= 0.6 is 12.4 Å². The molecular weight excluding hydrogens is 314 g/mol. The third kappa shape index (κ3) is 5.44. The summed E-state index contributed by atoms with van der Waals surface area (Å²) < 4.78 is 12.5. The van der Waals surface area contributed by atoms with E-state index in [9.17, 15) is 0 Å². The number of hydrogen-bond acceptors (Lipinski definition) is 4. The Morgan fingerprint density at radius 2 is 1.87 bits per heavy atom. The fraction of sp³-hybridized carbons (Fsp3) is 0.471. The van der Waals surface area contributed by atoms with Crippen molar-refractivity contribution in [3.05, 3.63) is 41.7 Å². The van der Waals surface area contributed by atoms with Gasteiger partial charge in [-0.05, 0) is 44.5 Å². The van der Waals surface area contributed by atoms with Gasteiger partial charge < -0.3 is 14.8 Å².